The lowest BCUT2D eigenvalue weighted by Crippen LogP contribution is -2.69. The van der Waals surface area contributed by atoms with Gasteiger partial charge in [0.25, 0.3) is 0 Å². The second-order valence-electron chi connectivity index (χ2n) is 6.39. The van der Waals surface area contributed by atoms with Crippen molar-refractivity contribution in [1.29, 1.82) is 0 Å². The molecule has 1 aliphatic carbocycles. The number of nitrogens with zero attached hydrogens (tertiary/aromatic N) is 1. The van der Waals surface area contributed by atoms with Crippen molar-refractivity contribution in [2.75, 3.05) is 32.8 Å². The van der Waals surface area contributed by atoms with Crippen LogP contribution < -0.4 is 5.32 Å². The Morgan fingerprint density at radius 3 is 2.37 bits per heavy atom. The number of piperazine rings is 1. The number of hydrogen-bond donors (Lipinski definition) is 1. The molecule has 3 heteroatoms. The highest BCUT2D eigenvalue weighted by atomic mass is 16.5. The fraction of sp³-hybridized carbons (Fsp3) is 1.00. The van der Waals surface area contributed by atoms with E-state index in [0.29, 0.717) is 11.1 Å². The smallest absolute Gasteiger partial charge is 0.0593 e. The van der Waals surface area contributed by atoms with E-state index >= 15 is 0 Å². The Kier molecular flexibility index (Phi) is 5.27. The van der Waals surface area contributed by atoms with Gasteiger partial charge in [-0.1, -0.05) is 26.7 Å². The van der Waals surface area contributed by atoms with E-state index in [9.17, 15) is 0 Å². The first-order valence-electron chi connectivity index (χ1n) is 8.28. The Morgan fingerprint density at radius 1 is 1.11 bits per heavy atom. The van der Waals surface area contributed by atoms with Crippen LogP contribution in [-0.2, 0) is 4.74 Å². The summed E-state index contributed by atoms with van der Waals surface area (Å²) in [5.41, 5.74) is 0.769. The van der Waals surface area contributed by atoms with Gasteiger partial charge in [0.1, 0.15) is 0 Å². The number of nitrogens with one attached hydrogen (secondary N) is 1. The van der Waals surface area contributed by atoms with Gasteiger partial charge >= 0.3 is 0 Å². The number of ether oxygens (including phenoxy) is 1. The third kappa shape index (κ3) is 3.14. The molecule has 112 valence electrons. The lowest BCUT2D eigenvalue weighted by atomic mass is 9.82. The van der Waals surface area contributed by atoms with Crippen molar-refractivity contribution >= 4 is 0 Å². The molecular formula is C16H32N2O. The number of hydrogen-bond acceptors (Lipinski definition) is 3. The molecule has 0 unspecified atom stereocenters. The first-order chi connectivity index (χ1) is 9.20. The summed E-state index contributed by atoms with van der Waals surface area (Å²) >= 11 is 0. The van der Waals surface area contributed by atoms with Gasteiger partial charge in [-0.25, -0.2) is 0 Å². The first-order valence-corrected chi connectivity index (χ1v) is 8.28. The lowest BCUT2D eigenvalue weighted by Gasteiger charge is -2.53. The topological polar surface area (TPSA) is 24.5 Å². The monoisotopic (exact) mass is 268 g/mol. The molecule has 0 aromatic heterocycles. The SMILES string of the molecule is CCOCCN1CC2(CCCC2)NCC1(CC)CC. The summed E-state index contributed by atoms with van der Waals surface area (Å²) in [5.74, 6) is 0. The predicted molar refractivity (Wildman–Crippen MR) is 80.6 cm³/mol. The van der Waals surface area contributed by atoms with Gasteiger partial charge in [0, 0.05) is 37.3 Å². The van der Waals surface area contributed by atoms with Crippen LogP contribution >= 0.6 is 0 Å². The third-order valence-corrected chi connectivity index (χ3v) is 5.54. The van der Waals surface area contributed by atoms with Crippen LogP contribution in [0.2, 0.25) is 0 Å². The molecule has 0 amide bonds. The summed E-state index contributed by atoms with van der Waals surface area (Å²) in [5, 5.41) is 3.93. The van der Waals surface area contributed by atoms with Crippen LogP contribution in [0.4, 0.5) is 0 Å². The highest BCUT2D eigenvalue weighted by Crippen LogP contribution is 2.37. The molecule has 0 bridgehead atoms. The lowest BCUT2D eigenvalue weighted by molar-refractivity contribution is -0.0183. The van der Waals surface area contributed by atoms with Gasteiger partial charge in [0.2, 0.25) is 0 Å². The normalized spacial score (nSPS) is 26.1. The van der Waals surface area contributed by atoms with Crippen molar-refractivity contribution in [3.63, 3.8) is 0 Å². The third-order valence-electron chi connectivity index (χ3n) is 5.54. The molecule has 1 aliphatic heterocycles. The van der Waals surface area contributed by atoms with Gasteiger partial charge in [-0.2, -0.15) is 0 Å². The maximum absolute atomic E-state index is 5.61. The Bertz CT molecular complexity index is 270. The molecule has 2 aliphatic rings. The fourth-order valence-corrected chi connectivity index (χ4v) is 4.02. The zero-order valence-corrected chi connectivity index (χ0v) is 13.1. The highest BCUT2D eigenvalue weighted by molar-refractivity contribution is 5.06. The van der Waals surface area contributed by atoms with E-state index < -0.39 is 0 Å². The molecule has 1 saturated carbocycles. The quantitative estimate of drug-likeness (QED) is 0.750. The summed E-state index contributed by atoms with van der Waals surface area (Å²) in [6.45, 7) is 12.0. The Morgan fingerprint density at radius 2 is 1.79 bits per heavy atom. The van der Waals surface area contributed by atoms with Crippen LogP contribution in [0.15, 0.2) is 0 Å². The van der Waals surface area contributed by atoms with E-state index in [2.05, 4.69) is 31.0 Å². The maximum atomic E-state index is 5.61. The zero-order chi connectivity index (χ0) is 13.8. The minimum absolute atomic E-state index is 0.352. The molecular weight excluding hydrogens is 236 g/mol. The van der Waals surface area contributed by atoms with Crippen molar-refractivity contribution in [2.45, 2.75) is 70.4 Å². The van der Waals surface area contributed by atoms with Gasteiger partial charge < -0.3 is 10.1 Å². The van der Waals surface area contributed by atoms with E-state index in [-0.39, 0.29) is 0 Å². The van der Waals surface area contributed by atoms with E-state index in [1.165, 1.54) is 45.1 Å². The minimum Gasteiger partial charge on any atom is -0.380 e. The number of rotatable bonds is 6. The van der Waals surface area contributed by atoms with Crippen LogP contribution in [-0.4, -0.2) is 48.8 Å². The summed E-state index contributed by atoms with van der Waals surface area (Å²) in [4.78, 5) is 2.74. The summed E-state index contributed by atoms with van der Waals surface area (Å²) in [6.07, 6.45) is 8.00. The Balaban J connectivity index is 2.04. The second kappa shape index (κ2) is 6.55. The minimum atomic E-state index is 0.352. The van der Waals surface area contributed by atoms with Crippen molar-refractivity contribution < 1.29 is 4.74 Å². The van der Waals surface area contributed by atoms with E-state index in [4.69, 9.17) is 4.74 Å². The van der Waals surface area contributed by atoms with Crippen LogP contribution in [0.25, 0.3) is 0 Å². The van der Waals surface area contributed by atoms with Crippen molar-refractivity contribution in [1.82, 2.24) is 10.2 Å². The second-order valence-corrected chi connectivity index (χ2v) is 6.39. The predicted octanol–water partition coefficient (Wildman–Crippen LogP) is 2.80. The van der Waals surface area contributed by atoms with E-state index in [0.717, 1.165) is 26.3 Å². The van der Waals surface area contributed by atoms with Crippen molar-refractivity contribution in [3.05, 3.63) is 0 Å². The van der Waals surface area contributed by atoms with E-state index in [1.54, 1.807) is 0 Å². The average molecular weight is 268 g/mol. The van der Waals surface area contributed by atoms with Crippen LogP contribution in [0.5, 0.6) is 0 Å². The van der Waals surface area contributed by atoms with Gasteiger partial charge in [0.05, 0.1) is 6.61 Å². The Labute approximate surface area is 119 Å². The van der Waals surface area contributed by atoms with Crippen molar-refractivity contribution in [3.8, 4) is 0 Å². The molecule has 2 fully saturated rings. The largest absolute Gasteiger partial charge is 0.380 e. The molecule has 19 heavy (non-hydrogen) atoms. The molecule has 0 radical (unpaired) electrons. The van der Waals surface area contributed by atoms with Crippen LogP contribution in [0.3, 0.4) is 0 Å². The van der Waals surface area contributed by atoms with E-state index in [1.807, 2.05) is 0 Å². The molecule has 2 rings (SSSR count). The average Bonchev–Trinajstić information content (AvgIpc) is 2.89. The molecule has 1 saturated heterocycles. The van der Waals surface area contributed by atoms with Gasteiger partial charge in [-0.15, -0.1) is 0 Å². The molecule has 0 atom stereocenters. The van der Waals surface area contributed by atoms with Gasteiger partial charge in [0.15, 0.2) is 0 Å². The summed E-state index contributed by atoms with van der Waals surface area (Å²) in [7, 11) is 0. The molecule has 3 nitrogen and oxygen atoms in total. The maximum Gasteiger partial charge on any atom is 0.0593 e. The zero-order valence-electron chi connectivity index (χ0n) is 13.1. The fourth-order valence-electron chi connectivity index (χ4n) is 4.02. The highest BCUT2D eigenvalue weighted by Gasteiger charge is 2.46. The Hall–Kier alpha value is -0.120. The molecule has 1 heterocycles. The van der Waals surface area contributed by atoms with Gasteiger partial charge in [-0.05, 0) is 32.6 Å². The first kappa shape index (κ1) is 15.3. The molecule has 0 aromatic carbocycles. The molecule has 1 N–H and O–H groups in total. The van der Waals surface area contributed by atoms with Crippen LogP contribution in [0, 0.1) is 0 Å². The summed E-state index contributed by atoms with van der Waals surface area (Å²) in [6, 6.07) is 0. The van der Waals surface area contributed by atoms with Crippen molar-refractivity contribution in [2.24, 2.45) is 0 Å². The molecule has 1 spiro atoms. The summed E-state index contributed by atoms with van der Waals surface area (Å²) < 4.78 is 5.61. The molecule has 0 aromatic rings. The van der Waals surface area contributed by atoms with Crippen LogP contribution in [0.1, 0.15) is 59.3 Å². The van der Waals surface area contributed by atoms with Gasteiger partial charge in [-0.3, -0.25) is 4.90 Å². The standard InChI is InChI=1S/C16H32N2O/c1-4-16(5-2)13-17-15(9-7-8-10-15)14-18(16)11-12-19-6-3/h17H,4-14H2,1-3H3.